The molecule has 0 radical (unpaired) electrons. The average Bonchev–Trinajstić information content (AvgIpc) is 2.72. The van der Waals surface area contributed by atoms with Crippen LogP contribution in [0.2, 0.25) is 0 Å². The van der Waals surface area contributed by atoms with Gasteiger partial charge in [0.15, 0.2) is 5.78 Å². The lowest BCUT2D eigenvalue weighted by Crippen LogP contribution is -2.05. The summed E-state index contributed by atoms with van der Waals surface area (Å²) in [5, 5.41) is 4.09. The van der Waals surface area contributed by atoms with Crippen LogP contribution in [0.1, 0.15) is 28.0 Å². The second kappa shape index (κ2) is 5.48. The van der Waals surface area contributed by atoms with Gasteiger partial charge in [0, 0.05) is 35.4 Å². The van der Waals surface area contributed by atoms with Crippen molar-refractivity contribution in [1.29, 1.82) is 0 Å². The summed E-state index contributed by atoms with van der Waals surface area (Å²) >= 11 is 3.44. The number of halogens is 1. The number of benzene rings is 1. The first-order valence-electron chi connectivity index (χ1n) is 5.84. The molecule has 94 valence electrons. The average molecular weight is 307 g/mol. The summed E-state index contributed by atoms with van der Waals surface area (Å²) in [5.74, 6) is 0.156. The Kier molecular flexibility index (Phi) is 3.97. The molecule has 0 spiro atoms. The fraction of sp³-hybridized carbons (Fsp3) is 0.286. The molecule has 2 aromatic rings. The van der Waals surface area contributed by atoms with Gasteiger partial charge < -0.3 is 0 Å². The van der Waals surface area contributed by atoms with E-state index in [0.29, 0.717) is 6.42 Å². The summed E-state index contributed by atoms with van der Waals surface area (Å²) in [6.07, 6.45) is 2.97. The van der Waals surface area contributed by atoms with E-state index in [2.05, 4.69) is 21.0 Å². The van der Waals surface area contributed by atoms with Crippen molar-refractivity contribution < 1.29 is 4.79 Å². The van der Waals surface area contributed by atoms with Crippen molar-refractivity contribution in [3.63, 3.8) is 0 Å². The van der Waals surface area contributed by atoms with E-state index >= 15 is 0 Å². The Morgan fingerprint density at radius 1 is 1.39 bits per heavy atom. The van der Waals surface area contributed by atoms with Gasteiger partial charge >= 0.3 is 0 Å². The number of carbonyl (C=O) groups is 1. The number of hydrogen-bond donors (Lipinski definition) is 0. The molecule has 0 aliphatic carbocycles. The predicted octanol–water partition coefficient (Wildman–Crippen LogP) is 3.31. The number of nitrogens with zero attached hydrogens (tertiary/aromatic N) is 2. The van der Waals surface area contributed by atoms with Crippen LogP contribution in [0.4, 0.5) is 0 Å². The normalized spacial score (nSPS) is 10.6. The fourth-order valence-corrected chi connectivity index (χ4v) is 2.58. The van der Waals surface area contributed by atoms with Gasteiger partial charge in [0.1, 0.15) is 0 Å². The Balaban J connectivity index is 2.06. The molecule has 1 heterocycles. The van der Waals surface area contributed by atoms with Crippen molar-refractivity contribution in [2.45, 2.75) is 19.8 Å². The predicted molar refractivity (Wildman–Crippen MR) is 74.7 cm³/mol. The Bertz CT molecular complexity index is 575. The summed E-state index contributed by atoms with van der Waals surface area (Å²) in [6, 6.07) is 7.75. The van der Waals surface area contributed by atoms with Gasteiger partial charge in [0.2, 0.25) is 0 Å². The van der Waals surface area contributed by atoms with E-state index in [9.17, 15) is 4.79 Å². The lowest BCUT2D eigenvalue weighted by Gasteiger charge is -2.05. The zero-order valence-corrected chi connectivity index (χ0v) is 12.1. The molecule has 0 aliphatic rings. The van der Waals surface area contributed by atoms with Crippen LogP contribution in [0, 0.1) is 6.92 Å². The number of rotatable bonds is 4. The molecule has 0 saturated heterocycles. The highest BCUT2D eigenvalue weighted by molar-refractivity contribution is 9.10. The van der Waals surface area contributed by atoms with Gasteiger partial charge in [-0.1, -0.05) is 28.1 Å². The molecule has 2 rings (SSSR count). The quantitative estimate of drug-likeness (QED) is 0.812. The Morgan fingerprint density at radius 2 is 2.17 bits per heavy atom. The molecule has 4 heteroatoms. The van der Waals surface area contributed by atoms with Crippen LogP contribution < -0.4 is 0 Å². The molecular formula is C14H15BrN2O. The summed E-state index contributed by atoms with van der Waals surface area (Å²) < 4.78 is 2.68. The van der Waals surface area contributed by atoms with Gasteiger partial charge in [-0.3, -0.25) is 9.48 Å². The lowest BCUT2D eigenvalue weighted by atomic mass is 10.0. The Hall–Kier alpha value is -1.42. The molecule has 0 aliphatic heterocycles. The van der Waals surface area contributed by atoms with Gasteiger partial charge in [-0.2, -0.15) is 5.10 Å². The second-order valence-corrected chi connectivity index (χ2v) is 5.21. The molecule has 0 saturated carbocycles. The monoisotopic (exact) mass is 306 g/mol. The summed E-state index contributed by atoms with van der Waals surface area (Å²) in [5.41, 5.74) is 2.97. The molecule has 0 N–H and O–H groups in total. The fourth-order valence-electron chi connectivity index (χ4n) is 1.87. The van der Waals surface area contributed by atoms with Crippen molar-refractivity contribution in [3.8, 4) is 0 Å². The topological polar surface area (TPSA) is 34.9 Å². The molecule has 0 fully saturated rings. The molecule has 3 nitrogen and oxygen atoms in total. The third-order valence-electron chi connectivity index (χ3n) is 2.96. The Morgan fingerprint density at radius 3 is 2.78 bits per heavy atom. The molecular weight excluding hydrogens is 292 g/mol. The summed E-state index contributed by atoms with van der Waals surface area (Å²) in [6.45, 7) is 2.01. The first-order chi connectivity index (χ1) is 8.58. The SMILES string of the molecule is Cc1ccc(C(=O)CCc2ccnn2C)c(Br)c1. The lowest BCUT2D eigenvalue weighted by molar-refractivity contribution is 0.0981. The number of Topliss-reactive ketones (excluding diaryl/α,β-unsaturated/α-hetero) is 1. The van der Waals surface area contributed by atoms with E-state index in [0.717, 1.165) is 27.7 Å². The number of hydrogen-bond acceptors (Lipinski definition) is 2. The van der Waals surface area contributed by atoms with Crippen molar-refractivity contribution in [2.24, 2.45) is 7.05 Å². The highest BCUT2D eigenvalue weighted by atomic mass is 79.9. The summed E-state index contributed by atoms with van der Waals surface area (Å²) in [7, 11) is 1.89. The smallest absolute Gasteiger partial charge is 0.164 e. The van der Waals surface area contributed by atoms with Gasteiger partial charge in [0.05, 0.1) is 0 Å². The second-order valence-electron chi connectivity index (χ2n) is 4.35. The molecule has 1 aromatic heterocycles. The number of aromatic nitrogens is 2. The maximum absolute atomic E-state index is 12.1. The van der Waals surface area contributed by atoms with E-state index in [1.807, 2.05) is 38.2 Å². The van der Waals surface area contributed by atoms with Crippen LogP contribution in [0.15, 0.2) is 34.9 Å². The molecule has 0 amide bonds. The van der Waals surface area contributed by atoms with Crippen LogP contribution >= 0.6 is 15.9 Å². The third kappa shape index (κ3) is 2.88. The zero-order valence-electron chi connectivity index (χ0n) is 10.5. The Labute approximate surface area is 115 Å². The standard InChI is InChI=1S/C14H15BrN2O/c1-10-3-5-12(13(15)9-10)14(18)6-4-11-7-8-16-17(11)2/h3,5,7-9H,4,6H2,1-2H3. The first-order valence-corrected chi connectivity index (χ1v) is 6.63. The largest absolute Gasteiger partial charge is 0.294 e. The van der Waals surface area contributed by atoms with E-state index in [-0.39, 0.29) is 5.78 Å². The minimum absolute atomic E-state index is 0.156. The maximum atomic E-state index is 12.1. The van der Waals surface area contributed by atoms with Crippen LogP contribution in [0.3, 0.4) is 0 Å². The van der Waals surface area contributed by atoms with Gasteiger partial charge in [-0.05, 0) is 31.0 Å². The molecule has 18 heavy (non-hydrogen) atoms. The van der Waals surface area contributed by atoms with E-state index in [4.69, 9.17) is 0 Å². The van der Waals surface area contributed by atoms with Crippen LogP contribution in [-0.4, -0.2) is 15.6 Å². The summed E-state index contributed by atoms with van der Waals surface area (Å²) in [4.78, 5) is 12.1. The van der Waals surface area contributed by atoms with Crippen molar-refractivity contribution >= 4 is 21.7 Å². The highest BCUT2D eigenvalue weighted by Crippen LogP contribution is 2.20. The minimum atomic E-state index is 0.156. The molecule has 0 atom stereocenters. The molecule has 0 bridgehead atoms. The van der Waals surface area contributed by atoms with Crippen LogP contribution in [0.25, 0.3) is 0 Å². The van der Waals surface area contributed by atoms with Crippen molar-refractivity contribution in [1.82, 2.24) is 9.78 Å². The van der Waals surface area contributed by atoms with E-state index in [1.165, 1.54) is 0 Å². The molecule has 1 aromatic carbocycles. The van der Waals surface area contributed by atoms with Crippen molar-refractivity contribution in [2.75, 3.05) is 0 Å². The third-order valence-corrected chi connectivity index (χ3v) is 3.61. The van der Waals surface area contributed by atoms with Crippen molar-refractivity contribution in [3.05, 3.63) is 51.8 Å². The van der Waals surface area contributed by atoms with Crippen LogP contribution in [-0.2, 0) is 13.5 Å². The van der Waals surface area contributed by atoms with Gasteiger partial charge in [-0.25, -0.2) is 0 Å². The minimum Gasteiger partial charge on any atom is -0.294 e. The first kappa shape index (κ1) is 13.0. The zero-order chi connectivity index (χ0) is 13.1. The highest BCUT2D eigenvalue weighted by Gasteiger charge is 2.11. The van der Waals surface area contributed by atoms with Crippen LogP contribution in [0.5, 0.6) is 0 Å². The molecule has 0 unspecified atom stereocenters. The van der Waals surface area contributed by atoms with E-state index < -0.39 is 0 Å². The number of ketones is 1. The number of carbonyl (C=O) groups excluding carboxylic acids is 1. The van der Waals surface area contributed by atoms with E-state index in [1.54, 1.807) is 10.9 Å². The number of aryl methyl sites for hydroxylation is 3. The van der Waals surface area contributed by atoms with Gasteiger partial charge in [-0.15, -0.1) is 0 Å². The van der Waals surface area contributed by atoms with Gasteiger partial charge in [0.25, 0.3) is 0 Å². The maximum Gasteiger partial charge on any atom is 0.164 e.